The molecule has 20 heavy (non-hydrogen) atoms. The minimum absolute atomic E-state index is 0.516. The lowest BCUT2D eigenvalue weighted by atomic mass is 10.1. The number of nitrogens with zero attached hydrogens (tertiary/aromatic N) is 1. The van der Waals surface area contributed by atoms with Gasteiger partial charge in [-0.3, -0.25) is 4.90 Å². The summed E-state index contributed by atoms with van der Waals surface area (Å²) in [4.78, 5) is 2.46. The van der Waals surface area contributed by atoms with Gasteiger partial charge in [-0.2, -0.15) is 0 Å². The van der Waals surface area contributed by atoms with Gasteiger partial charge in [-0.15, -0.1) is 0 Å². The fourth-order valence-corrected chi connectivity index (χ4v) is 3.72. The van der Waals surface area contributed by atoms with E-state index in [0.717, 1.165) is 13.0 Å². The zero-order valence-electron chi connectivity index (χ0n) is 12.2. The average Bonchev–Trinajstić information content (AvgIpc) is 3.05. The smallest absolute Gasteiger partial charge is 0.114 e. The standard InChI is InChI=1S/C9H14FN.C8H10O/c10-7-5-8-1-2-9(3-4-9)11(8)6-7;1-9-7-8-5-3-2-4-6-8/h7-8H,1-6H2;2-6H,7H2,1H3/t7-,8?;/m0./s1. The summed E-state index contributed by atoms with van der Waals surface area (Å²) in [7, 11) is 1.70. The van der Waals surface area contributed by atoms with Crippen LogP contribution in [0.5, 0.6) is 0 Å². The van der Waals surface area contributed by atoms with Gasteiger partial charge in [-0.05, 0) is 37.7 Å². The summed E-state index contributed by atoms with van der Waals surface area (Å²) in [5.74, 6) is 0. The van der Waals surface area contributed by atoms with Crippen LogP contribution in [0.1, 0.15) is 37.7 Å². The van der Waals surface area contributed by atoms with Crippen LogP contribution < -0.4 is 0 Å². The minimum Gasteiger partial charge on any atom is -0.380 e. The summed E-state index contributed by atoms with van der Waals surface area (Å²) in [5.41, 5.74) is 1.74. The van der Waals surface area contributed by atoms with Gasteiger partial charge in [0.15, 0.2) is 0 Å². The van der Waals surface area contributed by atoms with E-state index in [-0.39, 0.29) is 0 Å². The molecule has 0 radical (unpaired) electrons. The number of fused-ring (bicyclic) bond motifs is 2. The predicted octanol–water partition coefficient (Wildman–Crippen LogP) is 3.56. The zero-order valence-corrected chi connectivity index (χ0v) is 12.2. The molecule has 1 saturated carbocycles. The molecule has 2 heterocycles. The first-order chi connectivity index (χ1) is 9.73. The fourth-order valence-electron chi connectivity index (χ4n) is 3.72. The summed E-state index contributed by atoms with van der Waals surface area (Å²) < 4.78 is 17.9. The van der Waals surface area contributed by atoms with Crippen LogP contribution in [-0.2, 0) is 11.3 Å². The molecule has 3 fully saturated rings. The molecule has 2 atom stereocenters. The molecule has 1 unspecified atom stereocenters. The average molecular weight is 277 g/mol. The lowest BCUT2D eigenvalue weighted by Crippen LogP contribution is -2.33. The van der Waals surface area contributed by atoms with E-state index in [0.29, 0.717) is 18.2 Å². The van der Waals surface area contributed by atoms with E-state index >= 15 is 0 Å². The number of benzene rings is 1. The molecule has 0 amide bonds. The molecule has 3 heteroatoms. The molecule has 1 spiro atoms. The summed E-state index contributed by atoms with van der Waals surface area (Å²) in [6.07, 6.45) is 5.61. The van der Waals surface area contributed by atoms with Crippen molar-refractivity contribution in [2.24, 2.45) is 0 Å². The van der Waals surface area contributed by atoms with Crippen molar-refractivity contribution in [3.63, 3.8) is 0 Å². The van der Waals surface area contributed by atoms with Gasteiger partial charge >= 0.3 is 0 Å². The Bertz CT molecular complexity index is 432. The molecule has 1 aromatic rings. The lowest BCUT2D eigenvalue weighted by Gasteiger charge is -2.22. The zero-order chi connectivity index (χ0) is 14.0. The van der Waals surface area contributed by atoms with Crippen LogP contribution in [0.4, 0.5) is 4.39 Å². The maximum atomic E-state index is 13.0. The van der Waals surface area contributed by atoms with E-state index in [1.54, 1.807) is 7.11 Å². The molecule has 0 N–H and O–H groups in total. The van der Waals surface area contributed by atoms with Gasteiger partial charge in [0.2, 0.25) is 0 Å². The second kappa shape index (κ2) is 5.82. The molecule has 2 nitrogen and oxygen atoms in total. The first-order valence-corrected chi connectivity index (χ1v) is 7.67. The van der Waals surface area contributed by atoms with Crippen LogP contribution in [-0.4, -0.2) is 36.3 Å². The molecule has 4 rings (SSSR count). The highest BCUT2D eigenvalue weighted by Gasteiger charge is 2.57. The van der Waals surface area contributed by atoms with Gasteiger partial charge < -0.3 is 4.74 Å². The minimum atomic E-state index is -0.516. The second-order valence-corrected chi connectivity index (χ2v) is 6.32. The van der Waals surface area contributed by atoms with Crippen molar-refractivity contribution in [3.05, 3.63) is 35.9 Å². The van der Waals surface area contributed by atoms with Crippen molar-refractivity contribution in [2.75, 3.05) is 13.7 Å². The Balaban J connectivity index is 0.000000124. The summed E-state index contributed by atoms with van der Waals surface area (Å²) in [5, 5.41) is 0. The molecule has 110 valence electrons. The Kier molecular flexibility index (Phi) is 4.08. The third-order valence-corrected chi connectivity index (χ3v) is 4.90. The molecule has 1 aromatic carbocycles. The maximum Gasteiger partial charge on any atom is 0.114 e. The predicted molar refractivity (Wildman–Crippen MR) is 78.4 cm³/mol. The fraction of sp³-hybridized carbons (Fsp3) is 0.647. The van der Waals surface area contributed by atoms with E-state index < -0.39 is 6.17 Å². The van der Waals surface area contributed by atoms with Crippen molar-refractivity contribution in [1.29, 1.82) is 0 Å². The number of hydrogen-bond donors (Lipinski definition) is 0. The molecule has 2 aliphatic heterocycles. The largest absolute Gasteiger partial charge is 0.380 e. The van der Waals surface area contributed by atoms with Gasteiger partial charge in [0.05, 0.1) is 6.61 Å². The molecule has 0 aromatic heterocycles. The van der Waals surface area contributed by atoms with E-state index in [4.69, 9.17) is 4.74 Å². The van der Waals surface area contributed by atoms with E-state index in [1.807, 2.05) is 30.3 Å². The molecule has 2 saturated heterocycles. The number of alkyl halides is 1. The van der Waals surface area contributed by atoms with E-state index in [1.165, 1.54) is 31.2 Å². The number of hydrogen-bond acceptors (Lipinski definition) is 2. The molecule has 0 bridgehead atoms. The SMILES string of the molecule is COCc1ccccc1.F[C@H]1CC2CCC3(CC3)N2C1. The Morgan fingerprint density at radius 3 is 2.65 bits per heavy atom. The topological polar surface area (TPSA) is 12.5 Å². The first kappa shape index (κ1) is 14.0. The van der Waals surface area contributed by atoms with Crippen molar-refractivity contribution in [2.45, 2.75) is 56.5 Å². The highest BCUT2D eigenvalue weighted by atomic mass is 19.1. The highest BCUT2D eigenvalue weighted by molar-refractivity contribution is 5.14. The quantitative estimate of drug-likeness (QED) is 0.819. The maximum absolute atomic E-state index is 13.0. The molecule has 3 aliphatic rings. The third-order valence-electron chi connectivity index (χ3n) is 4.90. The number of rotatable bonds is 2. The van der Waals surface area contributed by atoms with E-state index in [2.05, 4.69) is 4.90 Å². The first-order valence-electron chi connectivity index (χ1n) is 7.67. The van der Waals surface area contributed by atoms with Gasteiger partial charge in [-0.1, -0.05) is 30.3 Å². The van der Waals surface area contributed by atoms with Crippen LogP contribution >= 0.6 is 0 Å². The number of ether oxygens (including phenoxy) is 1. The molecular weight excluding hydrogens is 253 g/mol. The van der Waals surface area contributed by atoms with Crippen LogP contribution in [0.3, 0.4) is 0 Å². The van der Waals surface area contributed by atoms with Crippen molar-refractivity contribution in [3.8, 4) is 0 Å². The van der Waals surface area contributed by atoms with Crippen LogP contribution in [0.15, 0.2) is 30.3 Å². The number of methoxy groups -OCH3 is 1. The van der Waals surface area contributed by atoms with Gasteiger partial charge in [0.1, 0.15) is 6.17 Å². The number of halogens is 1. The van der Waals surface area contributed by atoms with Crippen LogP contribution in [0, 0.1) is 0 Å². The van der Waals surface area contributed by atoms with Crippen molar-refractivity contribution < 1.29 is 9.13 Å². The Morgan fingerprint density at radius 2 is 2.00 bits per heavy atom. The third kappa shape index (κ3) is 2.89. The lowest BCUT2D eigenvalue weighted by molar-refractivity contribution is 0.185. The van der Waals surface area contributed by atoms with Gasteiger partial charge in [0, 0.05) is 25.2 Å². The second-order valence-electron chi connectivity index (χ2n) is 6.32. The highest BCUT2D eigenvalue weighted by Crippen LogP contribution is 2.54. The van der Waals surface area contributed by atoms with Crippen molar-refractivity contribution in [1.82, 2.24) is 4.90 Å². The van der Waals surface area contributed by atoms with Crippen LogP contribution in [0.2, 0.25) is 0 Å². The van der Waals surface area contributed by atoms with E-state index in [9.17, 15) is 4.39 Å². The Hall–Kier alpha value is -0.930. The monoisotopic (exact) mass is 277 g/mol. The Labute approximate surface area is 120 Å². The molecule has 1 aliphatic carbocycles. The Morgan fingerprint density at radius 1 is 1.25 bits per heavy atom. The normalized spacial score (nSPS) is 29.9. The van der Waals surface area contributed by atoms with Gasteiger partial charge in [-0.25, -0.2) is 4.39 Å². The summed E-state index contributed by atoms with van der Waals surface area (Å²) >= 11 is 0. The van der Waals surface area contributed by atoms with Gasteiger partial charge in [0.25, 0.3) is 0 Å². The van der Waals surface area contributed by atoms with Crippen molar-refractivity contribution >= 4 is 0 Å². The van der Waals surface area contributed by atoms with Crippen LogP contribution in [0.25, 0.3) is 0 Å². The summed E-state index contributed by atoms with van der Waals surface area (Å²) in [6, 6.07) is 10.7. The molecular formula is C17H24FNO. The summed E-state index contributed by atoms with van der Waals surface area (Å²) in [6.45, 7) is 1.45.